The third kappa shape index (κ3) is 5.43. The average Bonchev–Trinajstić information content (AvgIpc) is 3.16. The third-order valence-electron chi connectivity index (χ3n) is 5.74. The smallest absolute Gasteiger partial charge is 0.173 e. The number of anilines is 1. The zero-order valence-electron chi connectivity index (χ0n) is 19.4. The number of thiocarbonyl (C=S) groups is 1. The van der Waals surface area contributed by atoms with Crippen molar-refractivity contribution in [1.82, 2.24) is 14.9 Å². The molecule has 2 aromatic carbocycles. The number of ether oxygens (including phenoxy) is 2. The maximum atomic E-state index is 6.28. The van der Waals surface area contributed by atoms with E-state index >= 15 is 0 Å². The number of nitrogens with one attached hydrogen (secondary N) is 2. The van der Waals surface area contributed by atoms with Crippen molar-refractivity contribution < 1.29 is 9.47 Å². The summed E-state index contributed by atoms with van der Waals surface area (Å²) in [6.07, 6.45) is 4.42. The van der Waals surface area contributed by atoms with Gasteiger partial charge in [0.1, 0.15) is 11.5 Å². The van der Waals surface area contributed by atoms with E-state index < -0.39 is 0 Å². The van der Waals surface area contributed by atoms with Crippen LogP contribution in [-0.4, -0.2) is 40.7 Å². The van der Waals surface area contributed by atoms with E-state index in [9.17, 15) is 0 Å². The molecule has 0 aliphatic heterocycles. The van der Waals surface area contributed by atoms with Gasteiger partial charge >= 0.3 is 0 Å². The lowest BCUT2D eigenvalue weighted by Crippen LogP contribution is -2.36. The summed E-state index contributed by atoms with van der Waals surface area (Å²) in [6, 6.07) is 15.5. The second kappa shape index (κ2) is 10.8. The first-order chi connectivity index (χ1) is 16.5. The Kier molecular flexibility index (Phi) is 7.55. The van der Waals surface area contributed by atoms with Crippen molar-refractivity contribution in [3.05, 3.63) is 82.8 Å². The fraction of sp³-hybridized carbons (Fsp3) is 0.231. The van der Waals surface area contributed by atoms with Crippen molar-refractivity contribution in [2.24, 2.45) is 0 Å². The van der Waals surface area contributed by atoms with Gasteiger partial charge in [0.15, 0.2) is 5.11 Å². The molecule has 0 radical (unpaired) electrons. The highest BCUT2D eigenvalue weighted by atomic mass is 35.5. The molecule has 0 fully saturated rings. The minimum absolute atomic E-state index is 0.589. The minimum atomic E-state index is 0.589. The molecule has 4 rings (SSSR count). The van der Waals surface area contributed by atoms with E-state index in [4.69, 9.17) is 33.3 Å². The molecule has 0 aliphatic rings. The van der Waals surface area contributed by atoms with Crippen LogP contribution < -0.4 is 14.8 Å². The van der Waals surface area contributed by atoms with Gasteiger partial charge in [0.05, 0.1) is 19.9 Å². The molecule has 0 amide bonds. The van der Waals surface area contributed by atoms with Crippen LogP contribution in [0.25, 0.3) is 10.9 Å². The van der Waals surface area contributed by atoms with E-state index in [0.29, 0.717) is 24.0 Å². The van der Waals surface area contributed by atoms with E-state index in [0.717, 1.165) is 45.0 Å². The van der Waals surface area contributed by atoms with E-state index in [-0.39, 0.29) is 0 Å². The first-order valence-electron chi connectivity index (χ1n) is 10.9. The van der Waals surface area contributed by atoms with E-state index in [2.05, 4.69) is 27.1 Å². The molecule has 0 bridgehead atoms. The number of fused-ring (bicyclic) bond motifs is 1. The molecule has 2 heterocycles. The van der Waals surface area contributed by atoms with Crippen LogP contribution in [0.2, 0.25) is 5.02 Å². The van der Waals surface area contributed by atoms with Gasteiger partial charge < -0.3 is 24.7 Å². The SMILES string of the molecule is COc1ccc(OC)c(NC(=S)N(CCc2c(C)[nH]c3ccc(Cl)cc23)Cc2cccnc2)c1. The summed E-state index contributed by atoms with van der Waals surface area (Å²) in [5.41, 5.74) is 5.26. The molecule has 2 N–H and O–H groups in total. The van der Waals surface area contributed by atoms with Gasteiger partial charge in [-0.25, -0.2) is 0 Å². The number of benzene rings is 2. The average molecular weight is 495 g/mol. The largest absolute Gasteiger partial charge is 0.497 e. The molecular formula is C26H27ClN4O2S. The Hall–Kier alpha value is -3.29. The van der Waals surface area contributed by atoms with Crippen LogP contribution in [0.4, 0.5) is 5.69 Å². The zero-order valence-corrected chi connectivity index (χ0v) is 21.0. The zero-order chi connectivity index (χ0) is 24.1. The summed E-state index contributed by atoms with van der Waals surface area (Å²) < 4.78 is 10.9. The van der Waals surface area contributed by atoms with Crippen LogP contribution in [0.1, 0.15) is 16.8 Å². The van der Waals surface area contributed by atoms with Crippen molar-refractivity contribution in [2.75, 3.05) is 26.1 Å². The number of pyridine rings is 1. The molecule has 0 saturated heterocycles. The number of rotatable bonds is 8. The lowest BCUT2D eigenvalue weighted by molar-refractivity contribution is 0.403. The summed E-state index contributed by atoms with van der Waals surface area (Å²) in [5, 5.41) is 5.80. The molecule has 8 heteroatoms. The summed E-state index contributed by atoms with van der Waals surface area (Å²) in [4.78, 5) is 9.85. The number of aromatic nitrogens is 2. The molecule has 2 aromatic heterocycles. The quantitative estimate of drug-likeness (QED) is 0.294. The number of H-pyrrole nitrogens is 1. The first-order valence-corrected chi connectivity index (χ1v) is 11.7. The second-order valence-corrected chi connectivity index (χ2v) is 8.77. The maximum Gasteiger partial charge on any atom is 0.173 e. The molecule has 0 unspecified atom stereocenters. The molecule has 0 atom stereocenters. The Labute approximate surface area is 209 Å². The van der Waals surface area contributed by atoms with E-state index in [1.165, 1.54) is 5.56 Å². The first kappa shape index (κ1) is 23.9. The van der Waals surface area contributed by atoms with Gasteiger partial charge in [-0.3, -0.25) is 4.98 Å². The summed E-state index contributed by atoms with van der Waals surface area (Å²) >= 11 is 12.1. The van der Waals surface area contributed by atoms with Gasteiger partial charge in [0.2, 0.25) is 0 Å². The van der Waals surface area contributed by atoms with Crippen molar-refractivity contribution in [2.45, 2.75) is 19.9 Å². The van der Waals surface area contributed by atoms with Crippen LogP contribution in [0.15, 0.2) is 60.9 Å². The highest BCUT2D eigenvalue weighted by Gasteiger charge is 2.16. The number of methoxy groups -OCH3 is 2. The molecule has 34 heavy (non-hydrogen) atoms. The fourth-order valence-corrected chi connectivity index (χ4v) is 4.43. The lowest BCUT2D eigenvalue weighted by atomic mass is 10.1. The number of nitrogens with zero attached hydrogens (tertiary/aromatic N) is 2. The number of aromatic amines is 1. The third-order valence-corrected chi connectivity index (χ3v) is 6.34. The Morgan fingerprint density at radius 2 is 2.00 bits per heavy atom. The Balaban J connectivity index is 1.59. The van der Waals surface area contributed by atoms with Crippen molar-refractivity contribution in [3.63, 3.8) is 0 Å². The summed E-state index contributed by atoms with van der Waals surface area (Å²) in [7, 11) is 3.27. The normalized spacial score (nSPS) is 10.8. The minimum Gasteiger partial charge on any atom is -0.497 e. The molecule has 0 spiro atoms. The van der Waals surface area contributed by atoms with Crippen LogP contribution >= 0.6 is 23.8 Å². The standard InChI is InChI=1S/C26H27ClN4O2S/c1-17-21(22-13-19(27)6-8-23(22)29-17)10-12-31(16-18-5-4-11-28-15-18)26(34)30-24-14-20(32-2)7-9-25(24)33-3/h4-9,11,13-15,29H,10,12,16H2,1-3H3,(H,30,34). The van der Waals surface area contributed by atoms with Gasteiger partial charge in [0, 0.05) is 53.2 Å². The van der Waals surface area contributed by atoms with Crippen LogP contribution in [0.3, 0.4) is 0 Å². The monoisotopic (exact) mass is 494 g/mol. The Morgan fingerprint density at radius 1 is 1.15 bits per heavy atom. The number of aryl methyl sites for hydroxylation is 1. The van der Waals surface area contributed by atoms with Gasteiger partial charge in [-0.15, -0.1) is 0 Å². The highest BCUT2D eigenvalue weighted by molar-refractivity contribution is 7.80. The molecule has 176 valence electrons. The van der Waals surface area contributed by atoms with Crippen molar-refractivity contribution >= 4 is 45.5 Å². The Bertz CT molecular complexity index is 1290. The van der Waals surface area contributed by atoms with E-state index in [1.54, 1.807) is 20.4 Å². The van der Waals surface area contributed by atoms with Crippen LogP contribution in [0, 0.1) is 6.92 Å². The molecule has 4 aromatic rings. The maximum absolute atomic E-state index is 6.28. The number of hydrogen-bond acceptors (Lipinski definition) is 4. The topological polar surface area (TPSA) is 62.4 Å². The van der Waals surface area contributed by atoms with Gasteiger partial charge in [-0.05, 0) is 73.1 Å². The van der Waals surface area contributed by atoms with Crippen molar-refractivity contribution in [1.29, 1.82) is 0 Å². The second-order valence-electron chi connectivity index (χ2n) is 7.95. The van der Waals surface area contributed by atoms with Crippen molar-refractivity contribution in [3.8, 4) is 11.5 Å². The summed E-state index contributed by atoms with van der Waals surface area (Å²) in [6.45, 7) is 3.41. The van der Waals surface area contributed by atoms with Crippen LogP contribution in [-0.2, 0) is 13.0 Å². The van der Waals surface area contributed by atoms with E-state index in [1.807, 2.05) is 54.7 Å². The Morgan fingerprint density at radius 3 is 2.74 bits per heavy atom. The van der Waals surface area contributed by atoms with Gasteiger partial charge in [-0.2, -0.15) is 0 Å². The molecule has 6 nitrogen and oxygen atoms in total. The molecule has 0 saturated carbocycles. The number of halogens is 1. The van der Waals surface area contributed by atoms with Gasteiger partial charge in [-0.1, -0.05) is 17.7 Å². The summed E-state index contributed by atoms with van der Waals surface area (Å²) in [5.74, 6) is 1.41. The highest BCUT2D eigenvalue weighted by Crippen LogP contribution is 2.30. The van der Waals surface area contributed by atoms with Crippen LogP contribution in [0.5, 0.6) is 11.5 Å². The number of hydrogen-bond donors (Lipinski definition) is 2. The molecule has 0 aliphatic carbocycles. The predicted molar refractivity (Wildman–Crippen MR) is 142 cm³/mol. The molecular weight excluding hydrogens is 468 g/mol. The predicted octanol–water partition coefficient (Wildman–Crippen LogP) is 5.98. The lowest BCUT2D eigenvalue weighted by Gasteiger charge is -2.27. The van der Waals surface area contributed by atoms with Gasteiger partial charge in [0.25, 0.3) is 0 Å². The fourth-order valence-electron chi connectivity index (χ4n) is 3.99.